The molecular weight excluding hydrogens is 787 g/mol. The molecule has 18 heteroatoms. The number of unbranched alkanes of at least 4 members (excludes halogenated alkanes) is 2. The molecule has 0 bridgehead atoms. The molecule has 1 unspecified atom stereocenters. The van der Waals surface area contributed by atoms with Gasteiger partial charge in [0, 0.05) is 73.2 Å². The molecule has 312 valence electrons. The Balaban J connectivity index is 1.19. The van der Waals surface area contributed by atoms with Crippen molar-refractivity contribution in [2.45, 2.75) is 99.4 Å². The third kappa shape index (κ3) is 9.98. The molecule has 0 aliphatic carbocycles. The van der Waals surface area contributed by atoms with Crippen molar-refractivity contribution in [2.75, 3.05) is 25.0 Å². The van der Waals surface area contributed by atoms with Crippen LogP contribution in [0.4, 0.5) is 11.4 Å². The van der Waals surface area contributed by atoms with E-state index in [0.29, 0.717) is 44.6 Å². The van der Waals surface area contributed by atoms with Crippen LogP contribution < -0.4 is 16.0 Å². The maximum absolute atomic E-state index is 12.5. The molecule has 58 heavy (non-hydrogen) atoms. The molecule has 0 fully saturated rings. The number of allylic oxidation sites excluding steroid dienone is 6. The van der Waals surface area contributed by atoms with Crippen LogP contribution in [0.1, 0.15) is 76.6 Å². The molecule has 0 saturated carbocycles. The van der Waals surface area contributed by atoms with Gasteiger partial charge < -0.3 is 21.1 Å². The summed E-state index contributed by atoms with van der Waals surface area (Å²) in [7, 11) is -6.88. The summed E-state index contributed by atoms with van der Waals surface area (Å²) in [5, 5.41) is 19.8. The molecule has 2 aliphatic heterocycles. The van der Waals surface area contributed by atoms with Crippen molar-refractivity contribution < 1.29 is 45.2 Å². The molecule has 16 nitrogen and oxygen atoms in total. The topological polar surface area (TPSA) is 238 Å². The van der Waals surface area contributed by atoms with E-state index in [1.54, 1.807) is 23.0 Å². The predicted molar refractivity (Wildman–Crippen MR) is 219 cm³/mol. The van der Waals surface area contributed by atoms with Gasteiger partial charge in [0.2, 0.25) is 11.6 Å². The average Bonchev–Trinajstić information content (AvgIpc) is 3.73. The molecule has 0 spiro atoms. The van der Waals surface area contributed by atoms with Gasteiger partial charge >= 0.3 is 5.97 Å². The number of anilines is 1. The van der Waals surface area contributed by atoms with Crippen LogP contribution in [0.15, 0.2) is 88.5 Å². The lowest BCUT2D eigenvalue weighted by Crippen LogP contribution is -2.32. The number of nitrogens with one attached hydrogen (secondary N) is 1. The van der Waals surface area contributed by atoms with Crippen molar-refractivity contribution in [1.29, 1.82) is 0 Å². The predicted octanol–water partition coefficient (Wildman–Crippen LogP) is 4.29. The summed E-state index contributed by atoms with van der Waals surface area (Å²) in [6.45, 7) is 9.54. The molecule has 6 N–H and O–H groups in total. The molecule has 2 aliphatic rings. The number of aryl methyl sites for hydroxylation is 1. The minimum Gasteiger partial charge on any atom is -0.480 e. The number of amides is 1. The van der Waals surface area contributed by atoms with Crippen molar-refractivity contribution in [3.63, 3.8) is 0 Å². The van der Waals surface area contributed by atoms with Crippen LogP contribution in [0.3, 0.4) is 0 Å². The SMILES string of the molecule is C[N+]1=C(C=CC=CC=C2N(CCCCCC(=O)NCCCn3cc(CC(N)C(=O)O)nn3)c3ccc(S(=O)(=O)O)cc3C2(C)C)C(C)(C)c2cc(S(=O)(=O)O)ccc21. The number of fused-ring (bicyclic) bond motifs is 2. The average molecular weight is 839 g/mol. The Hall–Kier alpha value is -5.01. The van der Waals surface area contributed by atoms with Crippen LogP contribution in [0.5, 0.6) is 0 Å². The standard InChI is InChI=1S/C40H51N7O9S2/c1-39(2)30-24-28(57(51,52)53)16-18-33(30)45(5)35(39)13-8-6-9-14-36-40(3,4)31-25-29(58(54,55)56)17-19-34(31)47(36)22-11-7-10-15-37(48)42-20-12-21-46-26-27(43-44-46)23-32(41)38(49)50/h6,8-9,13-14,16-19,24-26,32H,7,10-12,15,20-23,41H2,1-5H3,(H3-,42,48,49,50,51,52,53,54,55,56)/p+1. The van der Waals surface area contributed by atoms with Crippen molar-refractivity contribution in [3.8, 4) is 0 Å². The molecular formula is C40H52N7O9S2+. The third-order valence-electron chi connectivity index (χ3n) is 10.7. The normalized spacial score (nSPS) is 17.4. The monoisotopic (exact) mass is 838 g/mol. The zero-order valence-corrected chi connectivity index (χ0v) is 34.9. The first-order valence-corrected chi connectivity index (χ1v) is 21.8. The number of nitrogens with two attached hydrogens (primary N) is 1. The number of carbonyl (C=O) groups excluding carboxylic acids is 1. The highest BCUT2D eigenvalue weighted by molar-refractivity contribution is 7.86. The second kappa shape index (κ2) is 17.5. The number of hydrogen-bond donors (Lipinski definition) is 5. The van der Waals surface area contributed by atoms with Crippen LogP contribution in [0, 0.1) is 0 Å². The van der Waals surface area contributed by atoms with Crippen molar-refractivity contribution in [2.24, 2.45) is 5.73 Å². The Morgan fingerprint density at radius 1 is 0.897 bits per heavy atom. The van der Waals surface area contributed by atoms with E-state index in [0.717, 1.165) is 46.8 Å². The van der Waals surface area contributed by atoms with E-state index in [-0.39, 0.29) is 22.1 Å². The first-order valence-electron chi connectivity index (χ1n) is 18.9. The van der Waals surface area contributed by atoms with Gasteiger partial charge in [-0.05, 0) is 75.1 Å². The highest BCUT2D eigenvalue weighted by atomic mass is 32.2. The van der Waals surface area contributed by atoms with Gasteiger partial charge in [-0.25, -0.2) is 0 Å². The molecule has 5 rings (SSSR count). The maximum Gasteiger partial charge on any atom is 0.320 e. The summed E-state index contributed by atoms with van der Waals surface area (Å²) in [6, 6.07) is 8.15. The van der Waals surface area contributed by atoms with Gasteiger partial charge in [0.1, 0.15) is 13.1 Å². The number of hydrogen-bond acceptors (Lipinski definition) is 10. The molecule has 0 saturated heterocycles. The zero-order chi connectivity index (χ0) is 42.6. The Kier molecular flexibility index (Phi) is 13.3. The smallest absolute Gasteiger partial charge is 0.320 e. The van der Waals surface area contributed by atoms with Gasteiger partial charge in [-0.3, -0.25) is 23.4 Å². The Bertz CT molecular complexity index is 2410. The summed E-state index contributed by atoms with van der Waals surface area (Å²) in [5.41, 5.74) is 9.95. The number of carbonyl (C=O) groups is 2. The Morgan fingerprint density at radius 3 is 2.24 bits per heavy atom. The quantitative estimate of drug-likeness (QED) is 0.0521. The highest BCUT2D eigenvalue weighted by Crippen LogP contribution is 2.48. The third-order valence-corrected chi connectivity index (χ3v) is 12.4. The first-order chi connectivity index (χ1) is 27.1. The lowest BCUT2D eigenvalue weighted by Gasteiger charge is -2.27. The highest BCUT2D eigenvalue weighted by Gasteiger charge is 2.44. The number of aromatic nitrogens is 3. The second-order valence-electron chi connectivity index (χ2n) is 15.6. The Labute approximate surface area is 339 Å². The number of carboxylic acid groups (broad SMARTS) is 1. The fourth-order valence-corrected chi connectivity index (χ4v) is 8.55. The van der Waals surface area contributed by atoms with E-state index >= 15 is 0 Å². The van der Waals surface area contributed by atoms with Gasteiger partial charge in [0.25, 0.3) is 20.2 Å². The molecule has 2 aromatic carbocycles. The summed E-state index contributed by atoms with van der Waals surface area (Å²) >= 11 is 0. The number of carboxylic acids is 1. The van der Waals surface area contributed by atoms with Crippen LogP contribution in [-0.2, 0) is 53.6 Å². The van der Waals surface area contributed by atoms with Crippen molar-refractivity contribution in [3.05, 3.63) is 95.5 Å². The summed E-state index contributed by atoms with van der Waals surface area (Å²) in [4.78, 5) is 25.3. The molecule has 1 aromatic heterocycles. The number of benzene rings is 2. The summed E-state index contributed by atoms with van der Waals surface area (Å²) in [6.07, 6.45) is 14.5. The van der Waals surface area contributed by atoms with E-state index in [1.807, 2.05) is 69.7 Å². The fraction of sp³-hybridized carbons (Fsp3) is 0.425. The minimum atomic E-state index is -4.42. The maximum atomic E-state index is 12.5. The van der Waals surface area contributed by atoms with Gasteiger partial charge in [-0.15, -0.1) is 5.10 Å². The lowest BCUT2D eigenvalue weighted by molar-refractivity contribution is -0.401. The number of rotatable bonds is 18. The van der Waals surface area contributed by atoms with E-state index in [9.17, 15) is 35.5 Å². The lowest BCUT2D eigenvalue weighted by atomic mass is 9.81. The summed E-state index contributed by atoms with van der Waals surface area (Å²) in [5.74, 6) is -1.17. The Morgan fingerprint density at radius 2 is 1.57 bits per heavy atom. The molecule has 1 amide bonds. The summed E-state index contributed by atoms with van der Waals surface area (Å²) < 4.78 is 70.8. The fourth-order valence-electron chi connectivity index (χ4n) is 7.53. The number of nitrogens with zero attached hydrogens (tertiary/aromatic N) is 5. The van der Waals surface area contributed by atoms with E-state index in [1.165, 1.54) is 24.3 Å². The van der Waals surface area contributed by atoms with Gasteiger partial charge in [-0.1, -0.05) is 43.7 Å². The van der Waals surface area contributed by atoms with Gasteiger partial charge in [0.05, 0.1) is 20.9 Å². The number of aliphatic carboxylic acids is 1. The van der Waals surface area contributed by atoms with E-state index in [4.69, 9.17) is 10.8 Å². The van der Waals surface area contributed by atoms with Crippen LogP contribution in [0.25, 0.3) is 0 Å². The zero-order valence-electron chi connectivity index (χ0n) is 33.3. The minimum absolute atomic E-state index is 0.0621. The van der Waals surface area contributed by atoms with Gasteiger partial charge in [0.15, 0.2) is 5.71 Å². The largest absolute Gasteiger partial charge is 0.480 e. The first kappa shape index (κ1) is 44.1. The van der Waals surface area contributed by atoms with Crippen LogP contribution >= 0.6 is 0 Å². The molecule has 3 heterocycles. The second-order valence-corrected chi connectivity index (χ2v) is 18.4. The van der Waals surface area contributed by atoms with Crippen molar-refractivity contribution >= 4 is 49.2 Å². The van der Waals surface area contributed by atoms with E-state index < -0.39 is 43.1 Å². The van der Waals surface area contributed by atoms with Gasteiger partial charge in [-0.2, -0.15) is 21.4 Å². The van der Waals surface area contributed by atoms with E-state index in [2.05, 4.69) is 20.5 Å². The van der Waals surface area contributed by atoms with Crippen LogP contribution in [0.2, 0.25) is 0 Å². The van der Waals surface area contributed by atoms with Crippen molar-refractivity contribution in [1.82, 2.24) is 20.3 Å². The molecule has 0 radical (unpaired) electrons. The van der Waals surface area contributed by atoms with Crippen LogP contribution in [-0.4, -0.2) is 94.4 Å². The molecule has 1 atom stereocenters. The molecule has 3 aromatic rings.